The van der Waals surface area contributed by atoms with Gasteiger partial charge in [0.15, 0.2) is 7.14 Å². The van der Waals surface area contributed by atoms with Crippen molar-refractivity contribution in [2.75, 3.05) is 0 Å². The molecule has 0 unspecified atom stereocenters. The molecule has 3 aromatic carbocycles. The average Bonchev–Trinajstić information content (AvgIpc) is 2.80. The fraction of sp³-hybridized carbons (Fsp3) is 0.308. The van der Waals surface area contributed by atoms with Crippen molar-refractivity contribution in [3.63, 3.8) is 0 Å². The maximum atomic E-state index is 12.3. The van der Waals surface area contributed by atoms with E-state index in [9.17, 15) is 39.3 Å². The SMILES string of the molecule is CCCc1ccc([I+]c2ccc(CCC)cc2)cc1.O=S(=O)([O-])c1cc(C(F)(F)F)cc(C(F)(F)F)c1. The normalized spacial score (nSPS) is 12.1. The van der Waals surface area contributed by atoms with Gasteiger partial charge in [0, 0.05) is 0 Å². The molecule has 202 valence electrons. The molecule has 3 nitrogen and oxygen atoms in total. The lowest BCUT2D eigenvalue weighted by molar-refractivity contribution is -0.597. The monoisotopic (exact) mass is 658 g/mol. The molecule has 0 atom stereocenters. The maximum absolute atomic E-state index is 12.3. The van der Waals surface area contributed by atoms with Gasteiger partial charge in [-0.2, -0.15) is 26.3 Å². The highest BCUT2D eigenvalue weighted by molar-refractivity contribution is 7.85. The van der Waals surface area contributed by atoms with E-state index in [0.717, 1.165) is 0 Å². The third-order valence-corrected chi connectivity index (χ3v) is 8.47. The van der Waals surface area contributed by atoms with Crippen LogP contribution in [0, 0.1) is 7.14 Å². The maximum Gasteiger partial charge on any atom is 0.416 e. The number of halogens is 7. The van der Waals surface area contributed by atoms with E-state index >= 15 is 0 Å². The summed E-state index contributed by atoms with van der Waals surface area (Å²) < 4.78 is 108. The van der Waals surface area contributed by atoms with Gasteiger partial charge in [-0.15, -0.1) is 0 Å². The van der Waals surface area contributed by atoms with E-state index in [2.05, 4.69) is 62.4 Å². The molecule has 0 heterocycles. The molecule has 0 N–H and O–H groups in total. The second kappa shape index (κ2) is 13.1. The molecule has 0 radical (unpaired) electrons. The van der Waals surface area contributed by atoms with Crippen molar-refractivity contribution < 1.29 is 60.5 Å². The van der Waals surface area contributed by atoms with E-state index in [1.165, 1.54) is 44.0 Å². The minimum atomic E-state index is -5.42. The van der Waals surface area contributed by atoms with Crippen molar-refractivity contribution in [3.05, 3.63) is 96.1 Å². The molecule has 0 aliphatic heterocycles. The van der Waals surface area contributed by atoms with Crippen LogP contribution in [-0.4, -0.2) is 13.0 Å². The second-order valence-corrected chi connectivity index (χ2v) is 12.5. The Bertz CT molecular complexity index is 1170. The van der Waals surface area contributed by atoms with E-state index in [-0.39, 0.29) is 39.4 Å². The van der Waals surface area contributed by atoms with Crippen LogP contribution in [0.3, 0.4) is 0 Å². The number of benzene rings is 3. The van der Waals surface area contributed by atoms with Gasteiger partial charge in [0.2, 0.25) is 0 Å². The number of hydrogen-bond acceptors (Lipinski definition) is 3. The van der Waals surface area contributed by atoms with Gasteiger partial charge in [0.1, 0.15) is 10.1 Å². The molecule has 37 heavy (non-hydrogen) atoms. The summed E-state index contributed by atoms with van der Waals surface area (Å²) in [6, 6.07) is 17.9. The third kappa shape index (κ3) is 10.3. The Kier molecular flexibility index (Phi) is 11.0. The first-order chi connectivity index (χ1) is 17.1. The average molecular weight is 658 g/mol. The van der Waals surface area contributed by atoms with Crippen molar-refractivity contribution in [1.82, 2.24) is 0 Å². The number of rotatable bonds is 7. The zero-order valence-corrected chi connectivity index (χ0v) is 22.9. The van der Waals surface area contributed by atoms with Gasteiger partial charge < -0.3 is 4.55 Å². The molecular formula is C26H25F6IO3S. The number of aryl methyl sites for hydroxylation is 2. The summed E-state index contributed by atoms with van der Waals surface area (Å²) >= 11 is -0.0164. The highest BCUT2D eigenvalue weighted by Gasteiger charge is 2.37. The fourth-order valence-electron chi connectivity index (χ4n) is 3.20. The number of hydrogen-bond donors (Lipinski definition) is 0. The smallest absolute Gasteiger partial charge is 0.416 e. The predicted molar refractivity (Wildman–Crippen MR) is 123 cm³/mol. The third-order valence-electron chi connectivity index (χ3n) is 4.97. The first-order valence-corrected chi connectivity index (χ1v) is 14.8. The molecule has 0 saturated heterocycles. The Labute approximate surface area is 222 Å². The van der Waals surface area contributed by atoms with Gasteiger partial charge in [-0.1, -0.05) is 51.0 Å². The minimum Gasteiger partial charge on any atom is -0.744 e. The van der Waals surface area contributed by atoms with Crippen LogP contribution in [-0.2, 0) is 35.3 Å². The first kappa shape index (κ1) is 31.1. The van der Waals surface area contributed by atoms with Crippen molar-refractivity contribution >= 4 is 10.1 Å². The molecule has 0 fully saturated rings. The van der Waals surface area contributed by atoms with E-state index in [1.54, 1.807) is 0 Å². The lowest BCUT2D eigenvalue weighted by Gasteiger charge is -2.15. The Morgan fingerprint density at radius 3 is 1.30 bits per heavy atom. The van der Waals surface area contributed by atoms with Crippen LogP contribution in [0.15, 0.2) is 71.6 Å². The summed E-state index contributed by atoms with van der Waals surface area (Å²) in [5.74, 6) is 0. The van der Waals surface area contributed by atoms with Crippen LogP contribution in [0.2, 0.25) is 0 Å². The topological polar surface area (TPSA) is 57.2 Å². The molecule has 3 rings (SSSR count). The summed E-state index contributed by atoms with van der Waals surface area (Å²) in [4.78, 5) is -1.58. The Morgan fingerprint density at radius 1 is 0.676 bits per heavy atom. The molecule has 3 aromatic rings. The molecule has 0 saturated carbocycles. The summed E-state index contributed by atoms with van der Waals surface area (Å²) in [5.41, 5.74) is -0.777. The Balaban J connectivity index is 0.000000261. The highest BCUT2D eigenvalue weighted by Crippen LogP contribution is 2.37. The van der Waals surface area contributed by atoms with E-state index < -0.39 is 38.5 Å². The van der Waals surface area contributed by atoms with Gasteiger partial charge in [0.25, 0.3) is 0 Å². The standard InChI is InChI=1S/C18H22I.C8H4F6O3S/c1-3-5-15-7-11-17(12-8-15)19-18-13-9-16(6-4-2)10-14-18;9-7(10,11)4-1-5(8(12,13)14)3-6(2-4)18(15,16)17/h7-14H,3-6H2,1-2H3;1-3H,(H,15,16,17)/q+1;/p-1. The molecular weight excluding hydrogens is 633 g/mol. The molecule has 0 aliphatic rings. The van der Waals surface area contributed by atoms with E-state index in [0.29, 0.717) is 0 Å². The largest absolute Gasteiger partial charge is 0.744 e. The van der Waals surface area contributed by atoms with Crippen LogP contribution in [0.5, 0.6) is 0 Å². The van der Waals surface area contributed by atoms with Gasteiger partial charge in [-0.25, -0.2) is 8.42 Å². The zero-order chi connectivity index (χ0) is 27.9. The zero-order valence-electron chi connectivity index (χ0n) is 20.0. The quantitative estimate of drug-likeness (QED) is 0.216. The number of alkyl halides is 6. The molecule has 0 aliphatic carbocycles. The van der Waals surface area contributed by atoms with E-state index in [1.807, 2.05) is 0 Å². The molecule has 0 spiro atoms. The summed E-state index contributed by atoms with van der Waals surface area (Å²) in [7, 11) is -5.42. The summed E-state index contributed by atoms with van der Waals surface area (Å²) in [6.45, 7) is 4.47. The summed E-state index contributed by atoms with van der Waals surface area (Å²) in [6.07, 6.45) is -5.53. The fourth-order valence-corrected chi connectivity index (χ4v) is 5.90. The Hall–Kier alpha value is -2.12. The predicted octanol–water partition coefficient (Wildman–Crippen LogP) is 4.35. The molecule has 11 heteroatoms. The van der Waals surface area contributed by atoms with Gasteiger partial charge in [-0.05, 0) is 66.4 Å². The lowest BCUT2D eigenvalue weighted by atomic mass is 10.1. The molecule has 0 bridgehead atoms. The van der Waals surface area contributed by atoms with Crippen LogP contribution in [0.1, 0.15) is 48.9 Å². The summed E-state index contributed by atoms with van der Waals surface area (Å²) in [5, 5.41) is 0. The minimum absolute atomic E-state index is 0.0164. The van der Waals surface area contributed by atoms with Gasteiger partial charge in [0.05, 0.1) is 16.0 Å². The molecule has 0 aromatic heterocycles. The van der Waals surface area contributed by atoms with Crippen LogP contribution in [0.4, 0.5) is 26.3 Å². The van der Waals surface area contributed by atoms with Crippen molar-refractivity contribution in [1.29, 1.82) is 0 Å². The van der Waals surface area contributed by atoms with Crippen molar-refractivity contribution in [2.45, 2.75) is 56.8 Å². The van der Waals surface area contributed by atoms with Crippen LogP contribution in [0.25, 0.3) is 0 Å². The highest BCUT2D eigenvalue weighted by atomic mass is 127. The van der Waals surface area contributed by atoms with Gasteiger partial charge >= 0.3 is 33.6 Å². The van der Waals surface area contributed by atoms with Crippen LogP contribution < -0.4 is 21.2 Å². The van der Waals surface area contributed by atoms with Crippen molar-refractivity contribution in [2.24, 2.45) is 0 Å². The van der Waals surface area contributed by atoms with E-state index in [4.69, 9.17) is 0 Å². The van der Waals surface area contributed by atoms with Crippen molar-refractivity contribution in [3.8, 4) is 0 Å². The van der Waals surface area contributed by atoms with Crippen LogP contribution >= 0.6 is 0 Å². The second-order valence-electron chi connectivity index (χ2n) is 8.04. The molecule has 0 amide bonds. The Morgan fingerprint density at radius 2 is 1.03 bits per heavy atom. The van der Waals surface area contributed by atoms with Gasteiger partial charge in [-0.3, -0.25) is 0 Å². The lowest BCUT2D eigenvalue weighted by Crippen LogP contribution is -3.61. The first-order valence-electron chi connectivity index (χ1n) is 11.2.